The van der Waals surface area contributed by atoms with Gasteiger partial charge in [-0.05, 0) is 28.2 Å². The van der Waals surface area contributed by atoms with E-state index in [1.54, 1.807) is 18.3 Å². The summed E-state index contributed by atoms with van der Waals surface area (Å²) in [7, 11) is 5.27. The molecule has 22 heavy (non-hydrogen) atoms. The topological polar surface area (TPSA) is 59.6 Å². The maximum Gasteiger partial charge on any atom is 0.332 e. The first-order chi connectivity index (χ1) is 10.4. The highest BCUT2D eigenvalue weighted by Gasteiger charge is 2.14. The van der Waals surface area contributed by atoms with Gasteiger partial charge in [-0.25, -0.2) is 9.79 Å². The molecule has 0 saturated heterocycles. The van der Waals surface area contributed by atoms with Crippen LogP contribution in [0.15, 0.2) is 44.9 Å². The molecule has 0 bridgehead atoms. The van der Waals surface area contributed by atoms with Crippen molar-refractivity contribution in [3.8, 4) is 0 Å². The summed E-state index contributed by atoms with van der Waals surface area (Å²) in [5.41, 5.74) is 0.209. The first kappa shape index (κ1) is 16.5. The van der Waals surface area contributed by atoms with Crippen molar-refractivity contribution in [3.05, 3.63) is 60.3 Å². The van der Waals surface area contributed by atoms with E-state index in [0.29, 0.717) is 9.39 Å². The van der Waals surface area contributed by atoms with Crippen LogP contribution in [-0.4, -0.2) is 34.5 Å². The number of rotatable bonds is 4. The molecule has 1 heterocycles. The van der Waals surface area contributed by atoms with Crippen LogP contribution in [0.4, 0.5) is 5.82 Å². The Labute approximate surface area is 141 Å². The van der Waals surface area contributed by atoms with Crippen LogP contribution in [0.3, 0.4) is 0 Å². The molecule has 0 radical (unpaired) electrons. The molecule has 7 heteroatoms. The van der Waals surface area contributed by atoms with Crippen LogP contribution in [0.1, 0.15) is 5.56 Å². The standard InChI is InChI=1S/C15H17IN4O2/c1-18(2)10-17-13-12(16)14(21)20(15(22)19(13)3)9-11-7-5-4-6-8-11/h4-8,10H,9H2,1-3H3/b17-10+. The highest BCUT2D eigenvalue weighted by atomic mass is 127. The van der Waals surface area contributed by atoms with Crippen molar-refractivity contribution in [2.75, 3.05) is 14.1 Å². The zero-order chi connectivity index (χ0) is 16.3. The summed E-state index contributed by atoms with van der Waals surface area (Å²) < 4.78 is 3.05. The summed E-state index contributed by atoms with van der Waals surface area (Å²) in [6.45, 7) is 0.250. The van der Waals surface area contributed by atoms with Gasteiger partial charge in [0.1, 0.15) is 3.57 Å². The molecule has 2 rings (SSSR count). The van der Waals surface area contributed by atoms with Crippen molar-refractivity contribution in [1.29, 1.82) is 0 Å². The van der Waals surface area contributed by atoms with E-state index in [-0.39, 0.29) is 17.8 Å². The minimum atomic E-state index is -0.375. The van der Waals surface area contributed by atoms with E-state index in [2.05, 4.69) is 4.99 Å². The molecule has 0 aliphatic heterocycles. The van der Waals surface area contributed by atoms with Gasteiger partial charge in [-0.15, -0.1) is 0 Å². The Balaban J connectivity index is 2.55. The predicted molar refractivity (Wildman–Crippen MR) is 96.0 cm³/mol. The second-order valence-electron chi connectivity index (χ2n) is 5.06. The molecule has 0 aliphatic rings. The third-order valence-electron chi connectivity index (χ3n) is 3.06. The molecule has 0 saturated carbocycles. The lowest BCUT2D eigenvalue weighted by molar-refractivity contribution is 0.627. The number of hydrogen-bond acceptors (Lipinski definition) is 3. The van der Waals surface area contributed by atoms with E-state index in [1.165, 1.54) is 9.13 Å². The Kier molecular flexibility index (Phi) is 5.17. The molecule has 0 N–H and O–H groups in total. The summed E-state index contributed by atoms with van der Waals surface area (Å²) in [6.07, 6.45) is 1.57. The van der Waals surface area contributed by atoms with Crippen LogP contribution >= 0.6 is 22.6 Å². The number of aliphatic imine (C=N–C) groups is 1. The predicted octanol–water partition coefficient (Wildman–Crippen LogP) is 1.42. The fourth-order valence-electron chi connectivity index (χ4n) is 1.94. The number of nitrogens with zero attached hydrogens (tertiary/aromatic N) is 4. The Morgan fingerprint density at radius 1 is 1.23 bits per heavy atom. The SMILES string of the molecule is CN(C)/C=N/c1c(I)c(=O)n(Cc2ccccc2)c(=O)n1C. The highest BCUT2D eigenvalue weighted by molar-refractivity contribution is 14.1. The normalized spacial score (nSPS) is 11.1. The van der Waals surface area contributed by atoms with E-state index in [1.807, 2.05) is 67.0 Å². The van der Waals surface area contributed by atoms with Crippen LogP contribution in [0.2, 0.25) is 0 Å². The molecule has 6 nitrogen and oxygen atoms in total. The maximum absolute atomic E-state index is 12.5. The zero-order valence-corrected chi connectivity index (χ0v) is 14.8. The number of aromatic nitrogens is 2. The van der Waals surface area contributed by atoms with Gasteiger partial charge in [-0.3, -0.25) is 13.9 Å². The lowest BCUT2D eigenvalue weighted by Crippen LogP contribution is -2.40. The molecule has 2 aromatic rings. The van der Waals surface area contributed by atoms with Gasteiger partial charge in [0.05, 0.1) is 12.9 Å². The Morgan fingerprint density at radius 2 is 1.86 bits per heavy atom. The average molecular weight is 412 g/mol. The van der Waals surface area contributed by atoms with Gasteiger partial charge in [0, 0.05) is 21.1 Å². The minimum absolute atomic E-state index is 0.250. The second-order valence-corrected chi connectivity index (χ2v) is 6.14. The fourth-order valence-corrected chi connectivity index (χ4v) is 2.73. The third kappa shape index (κ3) is 3.46. The summed E-state index contributed by atoms with van der Waals surface area (Å²) in [4.78, 5) is 30.9. The summed E-state index contributed by atoms with van der Waals surface area (Å²) in [5, 5.41) is 0. The largest absolute Gasteiger partial charge is 0.369 e. The monoisotopic (exact) mass is 412 g/mol. The number of hydrogen-bond donors (Lipinski definition) is 0. The van der Waals surface area contributed by atoms with Crippen molar-refractivity contribution in [2.45, 2.75) is 6.54 Å². The molecule has 116 valence electrons. The Morgan fingerprint density at radius 3 is 2.45 bits per heavy atom. The summed E-state index contributed by atoms with van der Waals surface area (Å²) in [5.74, 6) is 0.369. The molecule has 0 amide bonds. The average Bonchev–Trinajstić information content (AvgIpc) is 2.50. The molecule has 0 spiro atoms. The lowest BCUT2D eigenvalue weighted by atomic mass is 10.2. The van der Waals surface area contributed by atoms with Gasteiger partial charge < -0.3 is 4.90 Å². The first-order valence-corrected chi connectivity index (χ1v) is 7.73. The first-order valence-electron chi connectivity index (χ1n) is 6.65. The van der Waals surface area contributed by atoms with E-state index in [4.69, 9.17) is 0 Å². The van der Waals surface area contributed by atoms with Crippen LogP contribution in [0.5, 0.6) is 0 Å². The summed E-state index contributed by atoms with van der Waals surface area (Å²) in [6, 6.07) is 9.43. The van der Waals surface area contributed by atoms with Crippen LogP contribution in [-0.2, 0) is 13.6 Å². The van der Waals surface area contributed by atoms with E-state index in [0.717, 1.165) is 5.56 Å². The molecular weight excluding hydrogens is 395 g/mol. The van der Waals surface area contributed by atoms with E-state index >= 15 is 0 Å². The van der Waals surface area contributed by atoms with Crippen LogP contribution < -0.4 is 11.2 Å². The molecule has 0 aliphatic carbocycles. The van der Waals surface area contributed by atoms with Crippen LogP contribution in [0.25, 0.3) is 0 Å². The van der Waals surface area contributed by atoms with Gasteiger partial charge >= 0.3 is 5.69 Å². The molecule has 0 unspecified atom stereocenters. The zero-order valence-electron chi connectivity index (χ0n) is 12.7. The summed E-state index contributed by atoms with van der Waals surface area (Å²) >= 11 is 1.94. The van der Waals surface area contributed by atoms with Gasteiger partial charge in [-0.2, -0.15) is 0 Å². The molecule has 1 aromatic heterocycles. The Bertz CT molecular complexity index is 770. The van der Waals surface area contributed by atoms with Crippen molar-refractivity contribution in [2.24, 2.45) is 12.0 Å². The molecule has 1 aromatic carbocycles. The fraction of sp³-hybridized carbons (Fsp3) is 0.267. The van der Waals surface area contributed by atoms with Crippen molar-refractivity contribution in [1.82, 2.24) is 14.0 Å². The van der Waals surface area contributed by atoms with Crippen LogP contribution in [0, 0.1) is 3.57 Å². The van der Waals surface area contributed by atoms with Crippen molar-refractivity contribution < 1.29 is 0 Å². The van der Waals surface area contributed by atoms with E-state index in [9.17, 15) is 9.59 Å². The van der Waals surface area contributed by atoms with Gasteiger partial charge in [0.2, 0.25) is 0 Å². The number of halogens is 1. The van der Waals surface area contributed by atoms with Gasteiger partial charge in [0.15, 0.2) is 5.82 Å². The number of benzene rings is 1. The maximum atomic E-state index is 12.5. The van der Waals surface area contributed by atoms with Gasteiger partial charge in [0.25, 0.3) is 5.56 Å². The molecular formula is C15H17IN4O2. The minimum Gasteiger partial charge on any atom is -0.369 e. The van der Waals surface area contributed by atoms with Crippen molar-refractivity contribution >= 4 is 34.7 Å². The molecule has 0 atom stereocenters. The quantitative estimate of drug-likeness (QED) is 0.434. The second kappa shape index (κ2) is 6.91. The Hall–Kier alpha value is -1.90. The van der Waals surface area contributed by atoms with E-state index < -0.39 is 0 Å². The smallest absolute Gasteiger partial charge is 0.332 e. The third-order valence-corrected chi connectivity index (χ3v) is 4.00. The van der Waals surface area contributed by atoms with Gasteiger partial charge in [-0.1, -0.05) is 30.3 Å². The highest BCUT2D eigenvalue weighted by Crippen LogP contribution is 2.14. The molecule has 0 fully saturated rings. The lowest BCUT2D eigenvalue weighted by Gasteiger charge is -2.12. The van der Waals surface area contributed by atoms with Crippen molar-refractivity contribution in [3.63, 3.8) is 0 Å².